The number of fused-ring (bicyclic) bond motifs is 3. The van der Waals surface area contributed by atoms with Crippen LogP contribution in [-0.4, -0.2) is 40.3 Å². The summed E-state index contributed by atoms with van der Waals surface area (Å²) in [6.07, 6.45) is 2.38. The molecule has 0 saturated carbocycles. The van der Waals surface area contributed by atoms with E-state index in [-0.39, 0.29) is 18.2 Å². The van der Waals surface area contributed by atoms with Gasteiger partial charge in [-0.1, -0.05) is 24.2 Å². The maximum absolute atomic E-state index is 12.2. The first-order valence-electron chi connectivity index (χ1n) is 9.31. The van der Waals surface area contributed by atoms with E-state index in [9.17, 15) is 9.90 Å². The van der Waals surface area contributed by atoms with Gasteiger partial charge in [0, 0.05) is 6.20 Å². The Bertz CT molecular complexity index is 920. The number of nitrogens with zero attached hydrogens (tertiary/aromatic N) is 3. The zero-order valence-electron chi connectivity index (χ0n) is 16.1. The van der Waals surface area contributed by atoms with Crippen LogP contribution in [0.3, 0.4) is 0 Å². The van der Waals surface area contributed by atoms with Gasteiger partial charge in [0.05, 0.1) is 37.4 Å². The van der Waals surface area contributed by atoms with E-state index in [1.165, 1.54) is 0 Å². The maximum Gasteiger partial charge on any atom is 0.356 e. The third-order valence-electron chi connectivity index (χ3n) is 5.30. The summed E-state index contributed by atoms with van der Waals surface area (Å²) in [5, 5.41) is 19.8. The summed E-state index contributed by atoms with van der Waals surface area (Å²) in [4.78, 5) is 17.6. The first-order chi connectivity index (χ1) is 13.5. The number of esters is 1. The van der Waals surface area contributed by atoms with Crippen molar-refractivity contribution in [1.29, 1.82) is 0 Å². The third-order valence-corrected chi connectivity index (χ3v) is 5.30. The van der Waals surface area contributed by atoms with Gasteiger partial charge >= 0.3 is 5.97 Å². The molecular formula is C20H23N3O5. The van der Waals surface area contributed by atoms with E-state index >= 15 is 0 Å². The van der Waals surface area contributed by atoms with E-state index in [1.54, 1.807) is 24.9 Å². The highest BCUT2D eigenvalue weighted by molar-refractivity contribution is 6.37. The second-order valence-corrected chi connectivity index (χ2v) is 7.18. The molecule has 0 amide bonds. The van der Waals surface area contributed by atoms with Crippen LogP contribution in [0.1, 0.15) is 30.7 Å². The summed E-state index contributed by atoms with van der Waals surface area (Å²) in [6.45, 7) is 4.46. The Hall–Kier alpha value is -2.87. The maximum atomic E-state index is 12.2. The van der Waals surface area contributed by atoms with Crippen molar-refractivity contribution in [2.75, 3.05) is 13.7 Å². The van der Waals surface area contributed by atoms with Crippen molar-refractivity contribution >= 4 is 11.7 Å². The van der Waals surface area contributed by atoms with E-state index in [0.717, 1.165) is 17.0 Å². The molecule has 1 aromatic heterocycles. The van der Waals surface area contributed by atoms with Crippen molar-refractivity contribution in [3.63, 3.8) is 0 Å². The van der Waals surface area contributed by atoms with Crippen LogP contribution in [0.5, 0.6) is 5.75 Å². The molecule has 1 aromatic carbocycles. The summed E-state index contributed by atoms with van der Waals surface area (Å²) in [6, 6.07) is 7.72. The molecule has 3 unspecified atom stereocenters. The average molecular weight is 385 g/mol. The van der Waals surface area contributed by atoms with E-state index < -0.39 is 17.7 Å². The van der Waals surface area contributed by atoms with Crippen LogP contribution in [-0.2, 0) is 33.1 Å². The summed E-state index contributed by atoms with van der Waals surface area (Å²) < 4.78 is 12.0. The number of aliphatic hydroxyl groups is 1. The summed E-state index contributed by atoms with van der Waals surface area (Å²) in [7, 11) is 1.63. The number of rotatable bonds is 5. The highest BCUT2D eigenvalue weighted by Gasteiger charge is 2.58. The van der Waals surface area contributed by atoms with Crippen molar-refractivity contribution in [1.82, 2.24) is 9.78 Å². The van der Waals surface area contributed by atoms with Crippen LogP contribution in [0.2, 0.25) is 0 Å². The van der Waals surface area contributed by atoms with E-state index in [1.807, 2.05) is 31.2 Å². The standard InChI is InChI=1S/C20H23N3O5/c1-4-27-19(24)18-17-12(2)9-16-15(20(17,25)28-22-18)11-23(21-16)10-13-5-7-14(26-3)8-6-13/h5-8,11-12,17,25H,4,9-10H2,1-3H3. The van der Waals surface area contributed by atoms with Crippen molar-refractivity contribution in [3.8, 4) is 5.75 Å². The van der Waals surface area contributed by atoms with Crippen molar-refractivity contribution in [2.24, 2.45) is 17.0 Å². The Labute approximate surface area is 162 Å². The minimum Gasteiger partial charge on any atom is -0.497 e. The van der Waals surface area contributed by atoms with Gasteiger partial charge in [-0.15, -0.1) is 0 Å². The lowest BCUT2D eigenvalue weighted by Gasteiger charge is -2.35. The Morgan fingerprint density at radius 2 is 2.14 bits per heavy atom. The number of carbonyl (C=O) groups excluding carboxylic acids is 1. The largest absolute Gasteiger partial charge is 0.497 e. The Balaban J connectivity index is 1.61. The van der Waals surface area contributed by atoms with Gasteiger partial charge in [0.2, 0.25) is 0 Å². The molecule has 2 heterocycles. The van der Waals surface area contributed by atoms with Gasteiger partial charge in [-0.25, -0.2) is 4.79 Å². The molecular weight excluding hydrogens is 362 g/mol. The predicted molar refractivity (Wildman–Crippen MR) is 99.7 cm³/mol. The molecule has 2 aliphatic rings. The fraction of sp³-hybridized carbons (Fsp3) is 0.450. The number of oxime groups is 1. The molecule has 1 N–H and O–H groups in total. The van der Waals surface area contributed by atoms with Crippen LogP contribution in [0.4, 0.5) is 0 Å². The molecule has 148 valence electrons. The number of ether oxygens (including phenoxy) is 2. The number of hydrogen-bond donors (Lipinski definition) is 1. The lowest BCUT2D eigenvalue weighted by Crippen LogP contribution is -2.46. The van der Waals surface area contributed by atoms with Crippen LogP contribution in [0.25, 0.3) is 0 Å². The minimum absolute atomic E-state index is 0.0764. The monoisotopic (exact) mass is 385 g/mol. The van der Waals surface area contributed by atoms with Crippen LogP contribution in [0.15, 0.2) is 35.6 Å². The molecule has 28 heavy (non-hydrogen) atoms. The molecule has 2 aromatic rings. The second kappa shape index (κ2) is 6.94. The fourth-order valence-electron chi connectivity index (χ4n) is 3.99. The second-order valence-electron chi connectivity index (χ2n) is 7.18. The number of hydrogen-bond acceptors (Lipinski definition) is 7. The van der Waals surface area contributed by atoms with E-state index in [4.69, 9.17) is 14.3 Å². The van der Waals surface area contributed by atoms with Crippen molar-refractivity contribution in [3.05, 3.63) is 47.3 Å². The number of carbonyl (C=O) groups is 1. The number of aromatic nitrogens is 2. The molecule has 1 aliphatic carbocycles. The van der Waals surface area contributed by atoms with E-state index in [2.05, 4.69) is 10.3 Å². The molecule has 0 spiro atoms. The Morgan fingerprint density at radius 3 is 2.82 bits per heavy atom. The molecule has 8 nitrogen and oxygen atoms in total. The van der Waals surface area contributed by atoms with Crippen molar-refractivity contribution < 1.29 is 24.2 Å². The summed E-state index contributed by atoms with van der Waals surface area (Å²) >= 11 is 0. The molecule has 0 fully saturated rings. The first kappa shape index (κ1) is 18.5. The van der Waals surface area contributed by atoms with Crippen LogP contribution in [0, 0.1) is 11.8 Å². The average Bonchev–Trinajstić information content (AvgIpc) is 3.24. The Morgan fingerprint density at radius 1 is 1.39 bits per heavy atom. The zero-order valence-corrected chi connectivity index (χ0v) is 16.1. The first-order valence-corrected chi connectivity index (χ1v) is 9.31. The van der Waals surface area contributed by atoms with Crippen LogP contribution >= 0.6 is 0 Å². The van der Waals surface area contributed by atoms with Gasteiger partial charge in [0.15, 0.2) is 5.71 Å². The van der Waals surface area contributed by atoms with Crippen LogP contribution < -0.4 is 4.74 Å². The predicted octanol–water partition coefficient (Wildman–Crippen LogP) is 1.84. The summed E-state index contributed by atoms with van der Waals surface area (Å²) in [5.74, 6) is -2.13. The highest BCUT2D eigenvalue weighted by Crippen LogP contribution is 2.47. The van der Waals surface area contributed by atoms with Gasteiger partial charge < -0.3 is 19.4 Å². The molecule has 3 atom stereocenters. The van der Waals surface area contributed by atoms with Gasteiger partial charge in [0.1, 0.15) is 5.75 Å². The number of methoxy groups -OCH3 is 1. The smallest absolute Gasteiger partial charge is 0.356 e. The van der Waals surface area contributed by atoms with Crippen molar-refractivity contribution in [2.45, 2.75) is 32.6 Å². The van der Waals surface area contributed by atoms with Gasteiger partial charge in [-0.2, -0.15) is 5.10 Å². The quantitative estimate of drug-likeness (QED) is 0.789. The van der Waals surface area contributed by atoms with Gasteiger partial charge in [0.25, 0.3) is 5.79 Å². The van der Waals surface area contributed by atoms with Gasteiger partial charge in [-0.05, 0) is 37.0 Å². The molecule has 0 radical (unpaired) electrons. The minimum atomic E-state index is -1.70. The van der Waals surface area contributed by atoms with Gasteiger partial charge in [-0.3, -0.25) is 4.68 Å². The van der Waals surface area contributed by atoms with E-state index in [0.29, 0.717) is 18.5 Å². The third kappa shape index (κ3) is 2.93. The Kier molecular flexibility index (Phi) is 4.58. The lowest BCUT2D eigenvalue weighted by atomic mass is 9.73. The fourth-order valence-corrected chi connectivity index (χ4v) is 3.99. The zero-order chi connectivity index (χ0) is 19.9. The summed E-state index contributed by atoms with van der Waals surface area (Å²) in [5.41, 5.74) is 2.48. The molecule has 4 rings (SSSR count). The number of benzene rings is 1. The SMILES string of the molecule is CCOC(=O)C1=NOC2(O)c3cn(Cc4ccc(OC)cc4)nc3CC(C)C12. The highest BCUT2D eigenvalue weighted by atomic mass is 16.7. The molecule has 1 aliphatic heterocycles. The molecule has 0 saturated heterocycles. The normalized spacial score (nSPS) is 25.4. The molecule has 0 bridgehead atoms. The topological polar surface area (TPSA) is 95.2 Å². The molecule has 8 heteroatoms. The lowest BCUT2D eigenvalue weighted by molar-refractivity contribution is -0.229.